The first kappa shape index (κ1) is 14.3. The second kappa shape index (κ2) is 6.91. The third kappa shape index (κ3) is 3.96. The Morgan fingerprint density at radius 2 is 1.61 bits per heavy atom. The molecule has 2 aliphatic rings. The SMILES string of the molecule is CC(CC1CCN(C(C)C)CC1)C1CCOCC1. The third-order valence-corrected chi connectivity index (χ3v) is 5.16. The summed E-state index contributed by atoms with van der Waals surface area (Å²) in [6, 6.07) is 0.735. The van der Waals surface area contributed by atoms with Crippen LogP contribution in [0.4, 0.5) is 0 Å². The lowest BCUT2D eigenvalue weighted by atomic mass is 9.79. The van der Waals surface area contributed by atoms with Crippen molar-refractivity contribution in [3.8, 4) is 0 Å². The highest BCUT2D eigenvalue weighted by atomic mass is 16.5. The van der Waals surface area contributed by atoms with Gasteiger partial charge in [-0.15, -0.1) is 0 Å². The Kier molecular flexibility index (Phi) is 5.50. The normalized spacial score (nSPS) is 26.7. The van der Waals surface area contributed by atoms with Gasteiger partial charge in [-0.25, -0.2) is 0 Å². The highest BCUT2D eigenvalue weighted by Crippen LogP contribution is 2.32. The van der Waals surface area contributed by atoms with E-state index in [0.29, 0.717) is 0 Å². The van der Waals surface area contributed by atoms with Crippen LogP contribution in [0.25, 0.3) is 0 Å². The Labute approximate surface area is 113 Å². The van der Waals surface area contributed by atoms with Crippen LogP contribution in [0.5, 0.6) is 0 Å². The van der Waals surface area contributed by atoms with E-state index < -0.39 is 0 Å². The van der Waals surface area contributed by atoms with Crippen molar-refractivity contribution < 1.29 is 4.74 Å². The predicted molar refractivity (Wildman–Crippen MR) is 76.8 cm³/mol. The number of likely N-dealkylation sites (tertiary alicyclic amines) is 1. The van der Waals surface area contributed by atoms with Gasteiger partial charge in [0.15, 0.2) is 0 Å². The minimum atomic E-state index is 0.735. The van der Waals surface area contributed by atoms with Crippen LogP contribution in [0.2, 0.25) is 0 Å². The fourth-order valence-corrected chi connectivity index (χ4v) is 3.71. The largest absolute Gasteiger partial charge is 0.381 e. The Morgan fingerprint density at radius 3 is 2.17 bits per heavy atom. The number of hydrogen-bond acceptors (Lipinski definition) is 2. The van der Waals surface area contributed by atoms with Gasteiger partial charge in [0, 0.05) is 19.3 Å². The monoisotopic (exact) mass is 253 g/mol. The molecule has 0 saturated carbocycles. The van der Waals surface area contributed by atoms with Gasteiger partial charge in [0.25, 0.3) is 0 Å². The summed E-state index contributed by atoms with van der Waals surface area (Å²) in [5, 5.41) is 0. The zero-order valence-electron chi connectivity index (χ0n) is 12.5. The zero-order valence-corrected chi connectivity index (χ0v) is 12.5. The van der Waals surface area contributed by atoms with Crippen LogP contribution in [0, 0.1) is 17.8 Å². The van der Waals surface area contributed by atoms with E-state index in [0.717, 1.165) is 37.0 Å². The van der Waals surface area contributed by atoms with E-state index in [1.807, 2.05) is 0 Å². The minimum Gasteiger partial charge on any atom is -0.381 e. The molecule has 1 unspecified atom stereocenters. The molecule has 18 heavy (non-hydrogen) atoms. The first-order valence-corrected chi connectivity index (χ1v) is 7.98. The predicted octanol–water partition coefficient (Wildman–Crippen LogP) is 3.56. The fourth-order valence-electron chi connectivity index (χ4n) is 3.71. The van der Waals surface area contributed by atoms with Crippen LogP contribution < -0.4 is 0 Å². The number of piperidine rings is 1. The molecule has 0 amide bonds. The molecular formula is C16H31NO. The smallest absolute Gasteiger partial charge is 0.0468 e. The highest BCUT2D eigenvalue weighted by molar-refractivity contribution is 4.78. The fraction of sp³-hybridized carbons (Fsp3) is 1.00. The van der Waals surface area contributed by atoms with E-state index in [1.165, 1.54) is 45.2 Å². The topological polar surface area (TPSA) is 12.5 Å². The van der Waals surface area contributed by atoms with Gasteiger partial charge in [-0.1, -0.05) is 6.92 Å². The first-order valence-electron chi connectivity index (χ1n) is 7.98. The van der Waals surface area contributed by atoms with Crippen LogP contribution >= 0.6 is 0 Å². The molecule has 0 aromatic rings. The van der Waals surface area contributed by atoms with Crippen LogP contribution in [-0.4, -0.2) is 37.2 Å². The number of nitrogens with zero attached hydrogens (tertiary/aromatic N) is 1. The van der Waals surface area contributed by atoms with Crippen molar-refractivity contribution in [3.05, 3.63) is 0 Å². The molecule has 2 fully saturated rings. The molecule has 0 aromatic carbocycles. The Morgan fingerprint density at radius 1 is 1.00 bits per heavy atom. The van der Waals surface area contributed by atoms with Crippen LogP contribution in [0.15, 0.2) is 0 Å². The van der Waals surface area contributed by atoms with Gasteiger partial charge >= 0.3 is 0 Å². The maximum atomic E-state index is 5.47. The zero-order chi connectivity index (χ0) is 13.0. The molecular weight excluding hydrogens is 222 g/mol. The molecule has 106 valence electrons. The number of rotatable bonds is 4. The summed E-state index contributed by atoms with van der Waals surface area (Å²) in [4.78, 5) is 2.63. The maximum Gasteiger partial charge on any atom is 0.0468 e. The molecule has 0 radical (unpaired) electrons. The standard InChI is InChI=1S/C16H31NO/c1-13(2)17-8-4-15(5-9-17)12-14(3)16-6-10-18-11-7-16/h13-16H,4-12H2,1-3H3. The molecule has 2 heteroatoms. The van der Waals surface area contributed by atoms with Gasteiger partial charge in [0.2, 0.25) is 0 Å². The summed E-state index contributed by atoms with van der Waals surface area (Å²) < 4.78 is 5.47. The molecule has 2 aliphatic heterocycles. The molecule has 2 rings (SSSR count). The summed E-state index contributed by atoms with van der Waals surface area (Å²) in [5.41, 5.74) is 0. The molecule has 0 N–H and O–H groups in total. The van der Waals surface area contributed by atoms with Gasteiger partial charge in [-0.05, 0) is 76.8 Å². The van der Waals surface area contributed by atoms with Crippen molar-refractivity contribution in [2.45, 2.75) is 58.9 Å². The number of hydrogen-bond donors (Lipinski definition) is 0. The van der Waals surface area contributed by atoms with E-state index in [2.05, 4.69) is 25.7 Å². The Bertz CT molecular complexity index is 227. The molecule has 0 aromatic heterocycles. The van der Waals surface area contributed by atoms with Crippen molar-refractivity contribution in [2.75, 3.05) is 26.3 Å². The first-order chi connectivity index (χ1) is 8.66. The average molecular weight is 253 g/mol. The van der Waals surface area contributed by atoms with Crippen molar-refractivity contribution in [1.29, 1.82) is 0 Å². The molecule has 2 heterocycles. The second-order valence-corrected chi connectivity index (χ2v) is 6.74. The summed E-state index contributed by atoms with van der Waals surface area (Å²) in [6.45, 7) is 11.8. The number of ether oxygens (including phenoxy) is 1. The van der Waals surface area contributed by atoms with Gasteiger partial charge in [-0.3, -0.25) is 0 Å². The quantitative estimate of drug-likeness (QED) is 0.759. The van der Waals surface area contributed by atoms with Gasteiger partial charge in [0.05, 0.1) is 0 Å². The van der Waals surface area contributed by atoms with Crippen LogP contribution in [-0.2, 0) is 4.74 Å². The van der Waals surface area contributed by atoms with Crippen molar-refractivity contribution in [2.24, 2.45) is 17.8 Å². The minimum absolute atomic E-state index is 0.735. The summed E-state index contributed by atoms with van der Waals surface area (Å²) in [6.07, 6.45) is 6.89. The highest BCUT2D eigenvalue weighted by Gasteiger charge is 2.26. The molecule has 2 saturated heterocycles. The molecule has 2 nitrogen and oxygen atoms in total. The lowest BCUT2D eigenvalue weighted by Gasteiger charge is -2.37. The molecule has 0 spiro atoms. The van der Waals surface area contributed by atoms with E-state index >= 15 is 0 Å². The summed E-state index contributed by atoms with van der Waals surface area (Å²) in [5.74, 6) is 2.82. The van der Waals surface area contributed by atoms with Gasteiger partial charge in [0.1, 0.15) is 0 Å². The lowest BCUT2D eigenvalue weighted by molar-refractivity contribution is 0.0413. The average Bonchev–Trinajstić information content (AvgIpc) is 2.40. The molecule has 0 aliphatic carbocycles. The Balaban J connectivity index is 1.70. The summed E-state index contributed by atoms with van der Waals surface area (Å²) in [7, 11) is 0. The Hall–Kier alpha value is -0.0800. The van der Waals surface area contributed by atoms with Crippen LogP contribution in [0.3, 0.4) is 0 Å². The van der Waals surface area contributed by atoms with Crippen molar-refractivity contribution in [1.82, 2.24) is 4.90 Å². The maximum absolute atomic E-state index is 5.47. The van der Waals surface area contributed by atoms with E-state index in [1.54, 1.807) is 0 Å². The second-order valence-electron chi connectivity index (χ2n) is 6.74. The molecule has 1 atom stereocenters. The summed E-state index contributed by atoms with van der Waals surface area (Å²) >= 11 is 0. The van der Waals surface area contributed by atoms with Crippen LogP contribution in [0.1, 0.15) is 52.9 Å². The molecule has 0 bridgehead atoms. The lowest BCUT2D eigenvalue weighted by Crippen LogP contribution is -2.39. The van der Waals surface area contributed by atoms with Gasteiger partial charge < -0.3 is 9.64 Å². The third-order valence-electron chi connectivity index (χ3n) is 5.16. The van der Waals surface area contributed by atoms with Gasteiger partial charge in [-0.2, -0.15) is 0 Å². The van der Waals surface area contributed by atoms with E-state index in [4.69, 9.17) is 4.74 Å². The van der Waals surface area contributed by atoms with E-state index in [-0.39, 0.29) is 0 Å². The van der Waals surface area contributed by atoms with Crippen molar-refractivity contribution >= 4 is 0 Å². The van der Waals surface area contributed by atoms with Crippen molar-refractivity contribution in [3.63, 3.8) is 0 Å². The van der Waals surface area contributed by atoms with E-state index in [9.17, 15) is 0 Å².